The molecule has 20 heavy (non-hydrogen) atoms. The van der Waals surface area contributed by atoms with Crippen molar-refractivity contribution in [3.8, 4) is 6.07 Å². The van der Waals surface area contributed by atoms with Crippen LogP contribution in [0.5, 0.6) is 0 Å². The number of nitrogens with one attached hydrogen (secondary N) is 2. The van der Waals surface area contributed by atoms with Crippen molar-refractivity contribution in [2.24, 2.45) is 0 Å². The van der Waals surface area contributed by atoms with Gasteiger partial charge in [0.15, 0.2) is 0 Å². The van der Waals surface area contributed by atoms with Crippen LogP contribution >= 0.6 is 0 Å². The molecule has 2 atom stereocenters. The molecular formula is C15H16N4O. The third-order valence-corrected chi connectivity index (χ3v) is 3.99. The number of H-pyrrole nitrogens is 1. The van der Waals surface area contributed by atoms with Gasteiger partial charge in [0, 0.05) is 12.0 Å². The highest BCUT2D eigenvalue weighted by Gasteiger charge is 2.25. The number of aromatic amines is 1. The summed E-state index contributed by atoms with van der Waals surface area (Å²) in [6, 6.07) is 7.86. The number of fused-ring (bicyclic) bond motifs is 1. The number of aromatic nitrogens is 2. The molecule has 102 valence electrons. The summed E-state index contributed by atoms with van der Waals surface area (Å²) in [5.41, 5.74) is 2.44. The largest absolute Gasteiger partial charge is 0.356 e. The van der Waals surface area contributed by atoms with Crippen LogP contribution in [0.2, 0.25) is 0 Å². The topological polar surface area (TPSA) is 81.6 Å². The molecule has 0 radical (unpaired) electrons. The maximum absolute atomic E-state index is 10.6. The van der Waals surface area contributed by atoms with Gasteiger partial charge < -0.3 is 10.3 Å². The zero-order valence-electron chi connectivity index (χ0n) is 11.1. The van der Waals surface area contributed by atoms with E-state index in [1.807, 2.05) is 12.1 Å². The lowest BCUT2D eigenvalue weighted by Gasteiger charge is -2.27. The highest BCUT2D eigenvalue weighted by Crippen LogP contribution is 2.32. The fourth-order valence-electron chi connectivity index (χ4n) is 2.98. The van der Waals surface area contributed by atoms with Crippen molar-refractivity contribution in [3.05, 3.63) is 29.6 Å². The Balaban J connectivity index is 1.86. The third-order valence-electron chi connectivity index (χ3n) is 3.99. The molecule has 2 unspecified atom stereocenters. The smallest absolute Gasteiger partial charge is 0.207 e. The Hall–Kier alpha value is -2.35. The Morgan fingerprint density at radius 3 is 3.15 bits per heavy atom. The van der Waals surface area contributed by atoms with Crippen LogP contribution in [0.4, 0.5) is 0 Å². The summed E-state index contributed by atoms with van der Waals surface area (Å²) in [6.45, 7) is 0. The van der Waals surface area contributed by atoms with Gasteiger partial charge in [-0.1, -0.05) is 6.42 Å². The monoisotopic (exact) mass is 268 g/mol. The predicted octanol–water partition coefficient (Wildman–Crippen LogP) is 2.21. The molecule has 1 fully saturated rings. The number of hydrogen-bond donors (Lipinski definition) is 2. The van der Waals surface area contributed by atoms with E-state index >= 15 is 0 Å². The van der Waals surface area contributed by atoms with E-state index in [2.05, 4.69) is 21.4 Å². The molecule has 5 nitrogen and oxygen atoms in total. The molecule has 5 heteroatoms. The molecular weight excluding hydrogens is 252 g/mol. The number of hydrogen-bond acceptors (Lipinski definition) is 3. The van der Waals surface area contributed by atoms with E-state index in [0.717, 1.165) is 49.0 Å². The van der Waals surface area contributed by atoms with Crippen LogP contribution in [0.25, 0.3) is 11.0 Å². The summed E-state index contributed by atoms with van der Waals surface area (Å²) >= 11 is 0. The summed E-state index contributed by atoms with van der Waals surface area (Å²) in [5.74, 6) is 1.31. The number of rotatable bonds is 3. The van der Waals surface area contributed by atoms with Gasteiger partial charge in [0.1, 0.15) is 5.82 Å². The zero-order valence-corrected chi connectivity index (χ0v) is 11.1. The molecule has 0 spiro atoms. The van der Waals surface area contributed by atoms with Gasteiger partial charge in [-0.05, 0) is 37.5 Å². The van der Waals surface area contributed by atoms with Gasteiger partial charge in [-0.25, -0.2) is 4.98 Å². The van der Waals surface area contributed by atoms with E-state index in [1.54, 1.807) is 6.07 Å². The van der Waals surface area contributed by atoms with Crippen molar-refractivity contribution < 1.29 is 4.79 Å². The summed E-state index contributed by atoms with van der Waals surface area (Å²) in [5, 5.41) is 11.8. The Morgan fingerprint density at radius 1 is 1.45 bits per heavy atom. The molecule has 0 saturated heterocycles. The first-order valence-corrected chi connectivity index (χ1v) is 6.89. The summed E-state index contributed by atoms with van der Waals surface area (Å²) in [4.78, 5) is 18.5. The second-order valence-electron chi connectivity index (χ2n) is 5.31. The molecule has 0 bridgehead atoms. The van der Waals surface area contributed by atoms with Crippen molar-refractivity contribution in [1.82, 2.24) is 15.3 Å². The Bertz CT molecular complexity index is 670. The number of nitriles is 1. The van der Waals surface area contributed by atoms with Crippen LogP contribution in [-0.2, 0) is 4.79 Å². The van der Waals surface area contributed by atoms with Crippen LogP contribution < -0.4 is 5.32 Å². The minimum Gasteiger partial charge on any atom is -0.356 e. The standard InChI is InChI=1S/C15H16N4O/c16-8-10-4-5-13-14(6-10)19-15(18-13)11-2-1-3-12(7-11)17-9-20/h4-6,9,11-12H,1-3,7H2,(H,17,20)(H,18,19). The van der Waals surface area contributed by atoms with Gasteiger partial charge >= 0.3 is 0 Å². The van der Waals surface area contributed by atoms with E-state index in [-0.39, 0.29) is 6.04 Å². The van der Waals surface area contributed by atoms with Gasteiger partial charge in [0.05, 0.1) is 22.7 Å². The molecule has 1 aromatic carbocycles. The number of nitrogens with zero attached hydrogens (tertiary/aromatic N) is 2. The van der Waals surface area contributed by atoms with Crippen molar-refractivity contribution in [1.29, 1.82) is 5.26 Å². The second kappa shape index (κ2) is 5.33. The van der Waals surface area contributed by atoms with Crippen molar-refractivity contribution in [2.75, 3.05) is 0 Å². The summed E-state index contributed by atoms with van der Waals surface area (Å²) < 4.78 is 0. The van der Waals surface area contributed by atoms with Crippen LogP contribution in [0, 0.1) is 11.3 Å². The first-order chi connectivity index (χ1) is 9.80. The van der Waals surface area contributed by atoms with Crippen molar-refractivity contribution in [3.63, 3.8) is 0 Å². The minimum absolute atomic E-state index is 0.245. The summed E-state index contributed by atoms with van der Waals surface area (Å²) in [6.07, 6.45) is 4.92. The molecule has 3 rings (SSSR count). The lowest BCUT2D eigenvalue weighted by molar-refractivity contribution is -0.110. The molecule has 1 aromatic heterocycles. The number of carbonyl (C=O) groups excluding carboxylic acids is 1. The molecule has 1 aliphatic carbocycles. The highest BCUT2D eigenvalue weighted by molar-refractivity contribution is 5.76. The number of amides is 1. The Kier molecular flexibility index (Phi) is 3.38. The van der Waals surface area contributed by atoms with Gasteiger partial charge in [0.25, 0.3) is 0 Å². The molecule has 2 aromatic rings. The Labute approximate surface area is 117 Å². The zero-order chi connectivity index (χ0) is 13.9. The van der Waals surface area contributed by atoms with Crippen LogP contribution in [-0.4, -0.2) is 22.4 Å². The predicted molar refractivity (Wildman–Crippen MR) is 75.0 cm³/mol. The molecule has 1 aliphatic rings. The van der Waals surface area contributed by atoms with Gasteiger partial charge in [-0.2, -0.15) is 5.26 Å². The normalized spacial score (nSPS) is 22.4. The first-order valence-electron chi connectivity index (χ1n) is 6.89. The van der Waals surface area contributed by atoms with Crippen LogP contribution in [0.15, 0.2) is 18.2 Å². The third kappa shape index (κ3) is 2.37. The van der Waals surface area contributed by atoms with Crippen molar-refractivity contribution in [2.45, 2.75) is 37.6 Å². The minimum atomic E-state index is 0.245. The maximum atomic E-state index is 10.6. The molecule has 2 N–H and O–H groups in total. The fourth-order valence-corrected chi connectivity index (χ4v) is 2.98. The number of benzene rings is 1. The first kappa shape index (κ1) is 12.7. The molecule has 0 aliphatic heterocycles. The van der Waals surface area contributed by atoms with E-state index in [4.69, 9.17) is 5.26 Å². The lowest BCUT2D eigenvalue weighted by Crippen LogP contribution is -2.32. The molecule has 1 amide bonds. The SMILES string of the molecule is N#Cc1ccc2nc(C3CCCC(NC=O)C3)[nH]c2c1. The van der Waals surface area contributed by atoms with Gasteiger partial charge in [0.2, 0.25) is 6.41 Å². The van der Waals surface area contributed by atoms with Crippen LogP contribution in [0.1, 0.15) is 43.0 Å². The molecule has 1 saturated carbocycles. The van der Waals surface area contributed by atoms with Gasteiger partial charge in [-0.15, -0.1) is 0 Å². The van der Waals surface area contributed by atoms with E-state index in [1.165, 1.54) is 0 Å². The number of carbonyl (C=O) groups is 1. The van der Waals surface area contributed by atoms with Gasteiger partial charge in [-0.3, -0.25) is 4.79 Å². The fraction of sp³-hybridized carbons (Fsp3) is 0.400. The second-order valence-corrected chi connectivity index (χ2v) is 5.31. The maximum Gasteiger partial charge on any atom is 0.207 e. The molecule has 1 heterocycles. The average molecular weight is 268 g/mol. The lowest BCUT2D eigenvalue weighted by atomic mass is 9.85. The average Bonchev–Trinajstić information content (AvgIpc) is 2.90. The van der Waals surface area contributed by atoms with E-state index in [9.17, 15) is 4.79 Å². The summed E-state index contributed by atoms with van der Waals surface area (Å²) in [7, 11) is 0. The van der Waals surface area contributed by atoms with E-state index in [0.29, 0.717) is 11.5 Å². The highest BCUT2D eigenvalue weighted by atomic mass is 16.1. The number of imidazole rings is 1. The Morgan fingerprint density at radius 2 is 2.35 bits per heavy atom. The van der Waals surface area contributed by atoms with E-state index < -0.39 is 0 Å². The van der Waals surface area contributed by atoms with Crippen molar-refractivity contribution >= 4 is 17.4 Å². The quantitative estimate of drug-likeness (QED) is 0.837. The van der Waals surface area contributed by atoms with Crippen LogP contribution in [0.3, 0.4) is 0 Å².